The maximum Gasteiger partial charge on any atom is 0.230 e. The number of carbonyl (C=O) groups is 1. The van der Waals surface area contributed by atoms with Crippen molar-refractivity contribution in [3.05, 3.63) is 35.7 Å². The average molecular weight is 417 g/mol. The van der Waals surface area contributed by atoms with Crippen LogP contribution in [0.2, 0.25) is 0 Å². The first-order chi connectivity index (χ1) is 14.1. The zero-order valence-electron chi connectivity index (χ0n) is 17.7. The minimum atomic E-state index is -0.222. The van der Waals surface area contributed by atoms with Gasteiger partial charge in [-0.1, -0.05) is 50.1 Å². The molecule has 29 heavy (non-hydrogen) atoms. The molecule has 158 valence electrons. The first-order valence-corrected chi connectivity index (χ1v) is 11.7. The summed E-state index contributed by atoms with van der Waals surface area (Å²) in [7, 11) is 0. The Morgan fingerprint density at radius 1 is 1.21 bits per heavy atom. The van der Waals surface area contributed by atoms with Gasteiger partial charge in [0.2, 0.25) is 5.91 Å². The van der Waals surface area contributed by atoms with E-state index in [1.165, 1.54) is 36.6 Å². The predicted molar refractivity (Wildman–Crippen MR) is 116 cm³/mol. The van der Waals surface area contributed by atoms with Gasteiger partial charge in [-0.3, -0.25) is 4.79 Å². The second-order valence-corrected chi connectivity index (χ2v) is 8.48. The van der Waals surface area contributed by atoms with Crippen LogP contribution < -0.4 is 10.1 Å². The number of aromatic nitrogens is 3. The minimum absolute atomic E-state index is 0.0782. The number of thioether (sulfide) groups is 1. The summed E-state index contributed by atoms with van der Waals surface area (Å²) in [6.07, 6.45) is 6.69. The number of benzene rings is 1. The van der Waals surface area contributed by atoms with E-state index in [9.17, 15) is 4.79 Å². The third-order valence-electron chi connectivity index (χ3n) is 5.37. The highest BCUT2D eigenvalue weighted by atomic mass is 32.2. The molecular formula is C22H32N4O2S. The molecule has 1 N–H and O–H groups in total. The Balaban J connectivity index is 1.57. The van der Waals surface area contributed by atoms with Gasteiger partial charge in [-0.2, -0.15) is 0 Å². The molecule has 1 amide bonds. The van der Waals surface area contributed by atoms with Gasteiger partial charge in [-0.15, -0.1) is 10.2 Å². The van der Waals surface area contributed by atoms with Gasteiger partial charge in [-0.25, -0.2) is 0 Å². The van der Waals surface area contributed by atoms with E-state index in [0.717, 1.165) is 42.5 Å². The maximum absolute atomic E-state index is 12.3. The van der Waals surface area contributed by atoms with Gasteiger partial charge in [-0.05, 0) is 50.8 Å². The van der Waals surface area contributed by atoms with E-state index < -0.39 is 0 Å². The molecule has 0 bridgehead atoms. The molecule has 7 heteroatoms. The number of nitrogens with one attached hydrogen (secondary N) is 1. The van der Waals surface area contributed by atoms with Crippen LogP contribution in [0.25, 0.3) is 0 Å². The fourth-order valence-electron chi connectivity index (χ4n) is 3.71. The highest BCUT2D eigenvalue weighted by Crippen LogP contribution is 2.25. The number of aryl methyl sites for hydroxylation is 1. The maximum atomic E-state index is 12.3. The van der Waals surface area contributed by atoms with Crippen molar-refractivity contribution >= 4 is 17.7 Å². The van der Waals surface area contributed by atoms with E-state index in [0.29, 0.717) is 11.8 Å². The lowest BCUT2D eigenvalue weighted by molar-refractivity contribution is -0.119. The summed E-state index contributed by atoms with van der Waals surface area (Å²) in [5.74, 6) is 2.04. The highest BCUT2D eigenvalue weighted by Gasteiger charge is 2.20. The molecule has 1 aliphatic rings. The van der Waals surface area contributed by atoms with Crippen molar-refractivity contribution in [2.45, 2.75) is 83.1 Å². The van der Waals surface area contributed by atoms with E-state index in [2.05, 4.69) is 41.5 Å². The zero-order chi connectivity index (χ0) is 20.6. The summed E-state index contributed by atoms with van der Waals surface area (Å²) in [5.41, 5.74) is 1.28. The van der Waals surface area contributed by atoms with Crippen molar-refractivity contribution in [3.63, 3.8) is 0 Å². The fourth-order valence-corrected chi connectivity index (χ4v) is 4.53. The lowest BCUT2D eigenvalue weighted by atomic mass is 9.95. The lowest BCUT2D eigenvalue weighted by Gasteiger charge is -2.22. The van der Waals surface area contributed by atoms with Crippen LogP contribution in [0.15, 0.2) is 29.4 Å². The van der Waals surface area contributed by atoms with E-state index in [-0.39, 0.29) is 12.0 Å². The summed E-state index contributed by atoms with van der Waals surface area (Å²) in [6, 6.07) is 8.49. The normalized spacial score (nSPS) is 15.8. The molecule has 0 unspecified atom stereocenters. The molecular weight excluding hydrogens is 384 g/mol. The Morgan fingerprint density at radius 2 is 1.93 bits per heavy atom. The van der Waals surface area contributed by atoms with Crippen molar-refractivity contribution in [3.8, 4) is 5.75 Å². The topological polar surface area (TPSA) is 69.0 Å². The van der Waals surface area contributed by atoms with Gasteiger partial charge in [0.05, 0.1) is 5.75 Å². The minimum Gasteiger partial charge on any atom is -0.483 e. The van der Waals surface area contributed by atoms with Gasteiger partial charge in [0, 0.05) is 12.6 Å². The van der Waals surface area contributed by atoms with E-state index in [1.54, 1.807) is 0 Å². The van der Waals surface area contributed by atoms with E-state index in [4.69, 9.17) is 4.74 Å². The molecule has 1 aromatic heterocycles. The Morgan fingerprint density at radius 3 is 2.59 bits per heavy atom. The molecule has 1 atom stereocenters. The van der Waals surface area contributed by atoms with Crippen LogP contribution in [0.1, 0.15) is 70.4 Å². The van der Waals surface area contributed by atoms with Gasteiger partial charge in [0.15, 0.2) is 17.1 Å². The summed E-state index contributed by atoms with van der Waals surface area (Å²) in [6.45, 7) is 6.91. The Labute approximate surface area is 177 Å². The second kappa shape index (κ2) is 10.7. The molecule has 1 heterocycles. The fraction of sp³-hybridized carbons (Fsp3) is 0.591. The molecule has 0 aliphatic heterocycles. The number of nitrogens with zero attached hydrogens (tertiary/aromatic N) is 3. The third-order valence-corrected chi connectivity index (χ3v) is 6.34. The van der Waals surface area contributed by atoms with Crippen LogP contribution in [0.4, 0.5) is 0 Å². The lowest BCUT2D eigenvalue weighted by Crippen LogP contribution is -2.37. The standard InChI is InChI=1S/C22H32N4O2S/c1-4-17-11-13-19(14-12-17)28-16(3)21-24-25-22(26(21)5-2)29-15-20(27)23-18-9-7-6-8-10-18/h11-14,16,18H,4-10,15H2,1-3H3,(H,23,27)/t16-/m1/s1. The van der Waals surface area contributed by atoms with E-state index in [1.807, 2.05) is 23.6 Å². The molecule has 3 rings (SSSR count). The average Bonchev–Trinajstić information content (AvgIpc) is 3.16. The summed E-state index contributed by atoms with van der Waals surface area (Å²) in [4.78, 5) is 12.3. The predicted octanol–water partition coefficient (Wildman–Crippen LogP) is 4.54. The quantitative estimate of drug-likeness (QED) is 0.608. The first-order valence-electron chi connectivity index (χ1n) is 10.7. The van der Waals surface area contributed by atoms with Crippen molar-refractivity contribution in [2.24, 2.45) is 0 Å². The van der Waals surface area contributed by atoms with Crippen LogP contribution >= 0.6 is 11.8 Å². The van der Waals surface area contributed by atoms with Gasteiger partial charge in [0.1, 0.15) is 5.75 Å². The van der Waals surface area contributed by atoms with Gasteiger partial charge < -0.3 is 14.6 Å². The number of carbonyl (C=O) groups excluding carboxylic acids is 1. The van der Waals surface area contributed by atoms with Crippen molar-refractivity contribution in [2.75, 3.05) is 5.75 Å². The Hall–Kier alpha value is -2.02. The smallest absolute Gasteiger partial charge is 0.230 e. The summed E-state index contributed by atoms with van der Waals surface area (Å²) < 4.78 is 8.10. The monoisotopic (exact) mass is 416 g/mol. The molecule has 0 radical (unpaired) electrons. The Kier molecular flexibility index (Phi) is 7.98. The van der Waals surface area contributed by atoms with Crippen LogP contribution in [-0.4, -0.2) is 32.5 Å². The summed E-state index contributed by atoms with van der Waals surface area (Å²) >= 11 is 1.44. The SMILES string of the molecule is CCc1ccc(O[C@H](C)c2nnc(SCC(=O)NC3CCCCC3)n2CC)cc1. The second-order valence-electron chi connectivity index (χ2n) is 7.53. The van der Waals surface area contributed by atoms with Crippen molar-refractivity contribution in [1.82, 2.24) is 20.1 Å². The third kappa shape index (κ3) is 5.98. The van der Waals surface area contributed by atoms with Crippen LogP contribution in [0.3, 0.4) is 0 Å². The van der Waals surface area contributed by atoms with Crippen molar-refractivity contribution < 1.29 is 9.53 Å². The van der Waals surface area contributed by atoms with E-state index >= 15 is 0 Å². The molecule has 0 spiro atoms. The first kappa shape index (κ1) is 21.7. The van der Waals surface area contributed by atoms with Crippen LogP contribution in [-0.2, 0) is 17.8 Å². The molecule has 0 saturated heterocycles. The van der Waals surface area contributed by atoms with Crippen molar-refractivity contribution in [1.29, 1.82) is 0 Å². The van der Waals surface area contributed by atoms with Crippen LogP contribution in [0, 0.1) is 0 Å². The highest BCUT2D eigenvalue weighted by molar-refractivity contribution is 7.99. The largest absolute Gasteiger partial charge is 0.483 e. The Bertz CT molecular complexity index is 785. The molecule has 2 aromatic rings. The molecule has 1 aromatic carbocycles. The molecule has 6 nitrogen and oxygen atoms in total. The number of hydrogen-bond acceptors (Lipinski definition) is 5. The number of hydrogen-bond donors (Lipinski definition) is 1. The number of rotatable bonds is 9. The van der Waals surface area contributed by atoms with Gasteiger partial charge >= 0.3 is 0 Å². The number of ether oxygens (including phenoxy) is 1. The zero-order valence-corrected chi connectivity index (χ0v) is 18.5. The van der Waals surface area contributed by atoms with Gasteiger partial charge in [0.25, 0.3) is 0 Å². The molecule has 1 saturated carbocycles. The number of amides is 1. The molecule has 1 aliphatic carbocycles. The molecule has 1 fully saturated rings. The van der Waals surface area contributed by atoms with Crippen LogP contribution in [0.5, 0.6) is 5.75 Å². The summed E-state index contributed by atoms with van der Waals surface area (Å²) in [5, 5.41) is 12.6.